The molecule has 34 heavy (non-hydrogen) atoms. The Hall–Kier alpha value is -3.27. The molecule has 10 heteroatoms. The summed E-state index contributed by atoms with van der Waals surface area (Å²) in [5.74, 6) is 0.612. The number of nitrogens with zero attached hydrogens (tertiary/aromatic N) is 6. The normalized spacial score (nSPS) is 19.6. The lowest BCUT2D eigenvalue weighted by Crippen LogP contribution is -2.45. The highest BCUT2D eigenvalue weighted by Crippen LogP contribution is 2.28. The van der Waals surface area contributed by atoms with Gasteiger partial charge in [0, 0.05) is 37.5 Å². The highest BCUT2D eigenvalue weighted by Gasteiger charge is 2.30. The molecule has 8 nitrogen and oxygen atoms in total. The van der Waals surface area contributed by atoms with Gasteiger partial charge in [0.1, 0.15) is 17.8 Å². The van der Waals surface area contributed by atoms with Crippen molar-refractivity contribution in [2.75, 3.05) is 6.54 Å². The molecule has 4 rings (SSSR count). The molecule has 1 fully saturated rings. The lowest BCUT2D eigenvalue weighted by atomic mass is 9.97. The molecule has 3 atom stereocenters. The molecule has 0 N–H and O–H groups in total. The molecule has 0 radical (unpaired) electrons. The maximum atomic E-state index is 15.1. The van der Waals surface area contributed by atoms with Crippen molar-refractivity contribution in [2.45, 2.75) is 58.2 Å². The third-order valence-corrected chi connectivity index (χ3v) is 6.08. The summed E-state index contributed by atoms with van der Waals surface area (Å²) < 4.78 is 38.5. The third-order valence-electron chi connectivity index (χ3n) is 6.08. The fourth-order valence-corrected chi connectivity index (χ4v) is 4.44. The van der Waals surface area contributed by atoms with Crippen molar-refractivity contribution in [3.63, 3.8) is 0 Å². The van der Waals surface area contributed by atoms with Gasteiger partial charge in [-0.15, -0.1) is 0 Å². The number of ether oxygens (including phenoxy) is 1. The van der Waals surface area contributed by atoms with Crippen molar-refractivity contribution in [3.8, 4) is 5.82 Å². The molecule has 0 spiro atoms. The largest absolute Gasteiger partial charge is 0.373 e. The van der Waals surface area contributed by atoms with E-state index in [0.29, 0.717) is 31.1 Å². The quantitative estimate of drug-likeness (QED) is 0.504. The van der Waals surface area contributed by atoms with Crippen LogP contribution in [-0.2, 0) is 24.9 Å². The van der Waals surface area contributed by atoms with Crippen LogP contribution in [0.1, 0.15) is 31.2 Å². The summed E-state index contributed by atoms with van der Waals surface area (Å²) in [6, 6.07) is 8.06. The van der Waals surface area contributed by atoms with Crippen molar-refractivity contribution in [1.82, 2.24) is 29.0 Å². The molecule has 2 unspecified atom stereocenters. The van der Waals surface area contributed by atoms with Crippen LogP contribution in [-0.4, -0.2) is 53.9 Å². The van der Waals surface area contributed by atoms with Gasteiger partial charge in [0.05, 0.1) is 25.8 Å². The second kappa shape index (κ2) is 9.92. The van der Waals surface area contributed by atoms with Gasteiger partial charge in [0.2, 0.25) is 0 Å². The van der Waals surface area contributed by atoms with Crippen LogP contribution in [0.25, 0.3) is 5.82 Å². The Morgan fingerprint density at radius 3 is 2.74 bits per heavy atom. The maximum absolute atomic E-state index is 15.1. The van der Waals surface area contributed by atoms with E-state index in [1.165, 1.54) is 16.7 Å². The summed E-state index contributed by atoms with van der Waals surface area (Å²) >= 11 is 0. The molecular formula is C24H30F2N6O2. The molecule has 1 aromatic carbocycles. The van der Waals surface area contributed by atoms with Crippen LogP contribution in [0.15, 0.2) is 53.6 Å². The van der Waals surface area contributed by atoms with Crippen LogP contribution in [0.2, 0.25) is 0 Å². The van der Waals surface area contributed by atoms with E-state index in [1.807, 2.05) is 17.9 Å². The molecule has 2 aromatic heterocycles. The Morgan fingerprint density at radius 1 is 1.26 bits per heavy atom. The van der Waals surface area contributed by atoms with E-state index < -0.39 is 11.9 Å². The van der Waals surface area contributed by atoms with Gasteiger partial charge in [-0.1, -0.05) is 18.7 Å². The van der Waals surface area contributed by atoms with E-state index in [2.05, 4.69) is 16.8 Å². The minimum absolute atomic E-state index is 0.0153. The Kier molecular flexibility index (Phi) is 6.97. The van der Waals surface area contributed by atoms with E-state index >= 15 is 4.39 Å². The highest BCUT2D eigenvalue weighted by molar-refractivity contribution is 5.21. The summed E-state index contributed by atoms with van der Waals surface area (Å²) in [6.07, 6.45) is 1.62. The van der Waals surface area contributed by atoms with E-state index in [1.54, 1.807) is 37.0 Å². The summed E-state index contributed by atoms with van der Waals surface area (Å²) in [5.41, 5.74) is 1.14. The van der Waals surface area contributed by atoms with Crippen LogP contribution in [0, 0.1) is 12.7 Å². The summed E-state index contributed by atoms with van der Waals surface area (Å²) in [4.78, 5) is 14.7. The van der Waals surface area contributed by atoms with Crippen molar-refractivity contribution >= 4 is 0 Å². The second-order valence-electron chi connectivity index (χ2n) is 8.86. The summed E-state index contributed by atoms with van der Waals surface area (Å²) in [7, 11) is 1.76. The minimum atomic E-state index is -1.31. The molecule has 3 heterocycles. The number of halogens is 2. The number of piperidine rings is 1. The van der Waals surface area contributed by atoms with E-state index in [-0.39, 0.29) is 31.1 Å². The zero-order chi connectivity index (χ0) is 24.4. The number of hydrogen-bond acceptors (Lipinski definition) is 5. The predicted octanol–water partition coefficient (Wildman–Crippen LogP) is 3.14. The zero-order valence-electron chi connectivity index (χ0n) is 19.7. The number of likely N-dealkylation sites (tertiary alicyclic amines) is 1. The molecule has 1 saturated heterocycles. The van der Waals surface area contributed by atoms with Gasteiger partial charge in [0.25, 0.3) is 0 Å². The first-order valence-corrected chi connectivity index (χ1v) is 11.3. The molecule has 0 amide bonds. The Bertz CT molecular complexity index is 1220. The Balaban J connectivity index is 1.34. The number of rotatable bonds is 8. The molecule has 1 aliphatic rings. The van der Waals surface area contributed by atoms with Gasteiger partial charge in [-0.3, -0.25) is 4.68 Å². The van der Waals surface area contributed by atoms with Gasteiger partial charge >= 0.3 is 5.69 Å². The molecule has 3 aromatic rings. The molecule has 182 valence electrons. The van der Waals surface area contributed by atoms with Gasteiger partial charge in [-0.25, -0.2) is 22.8 Å². The van der Waals surface area contributed by atoms with E-state index in [0.717, 1.165) is 15.9 Å². The van der Waals surface area contributed by atoms with Crippen molar-refractivity contribution < 1.29 is 13.5 Å². The van der Waals surface area contributed by atoms with Crippen LogP contribution < -0.4 is 5.69 Å². The SMILES string of the molecule is C=C1CC(OCc2cccc(F)c2)CC(C)N1C[C@@H](F)Cn1nc(C)n(-c2ccn(C)n2)c1=O. The summed E-state index contributed by atoms with van der Waals surface area (Å²) in [5, 5.41) is 8.47. The molecule has 0 aliphatic carbocycles. The Labute approximate surface area is 197 Å². The van der Waals surface area contributed by atoms with Crippen molar-refractivity contribution in [3.05, 3.63) is 76.5 Å². The minimum Gasteiger partial charge on any atom is -0.373 e. The first-order chi connectivity index (χ1) is 16.2. The average Bonchev–Trinajstić information content (AvgIpc) is 3.31. The monoisotopic (exact) mass is 472 g/mol. The molecular weight excluding hydrogens is 442 g/mol. The fraction of sp³-hybridized carbons (Fsp3) is 0.458. The number of benzene rings is 1. The lowest BCUT2D eigenvalue weighted by molar-refractivity contribution is -0.00765. The van der Waals surface area contributed by atoms with Crippen LogP contribution in [0.5, 0.6) is 0 Å². The maximum Gasteiger partial charge on any atom is 0.351 e. The number of hydrogen-bond donors (Lipinski definition) is 0. The predicted molar refractivity (Wildman–Crippen MR) is 124 cm³/mol. The van der Waals surface area contributed by atoms with Gasteiger partial charge < -0.3 is 9.64 Å². The number of aryl methyl sites for hydroxylation is 2. The zero-order valence-corrected chi connectivity index (χ0v) is 19.7. The van der Waals surface area contributed by atoms with Gasteiger partial charge in [-0.05, 0) is 38.0 Å². The summed E-state index contributed by atoms with van der Waals surface area (Å²) in [6.45, 7) is 8.09. The van der Waals surface area contributed by atoms with Crippen LogP contribution in [0.4, 0.5) is 8.78 Å². The average molecular weight is 473 g/mol. The lowest BCUT2D eigenvalue weighted by Gasteiger charge is -2.41. The van der Waals surface area contributed by atoms with E-state index in [4.69, 9.17) is 4.74 Å². The first kappa shape index (κ1) is 23.9. The Morgan fingerprint density at radius 2 is 2.06 bits per heavy atom. The smallest absolute Gasteiger partial charge is 0.351 e. The molecule has 0 saturated carbocycles. The van der Waals surface area contributed by atoms with Gasteiger partial charge in [0.15, 0.2) is 5.82 Å². The van der Waals surface area contributed by atoms with Gasteiger partial charge in [-0.2, -0.15) is 10.2 Å². The fourth-order valence-electron chi connectivity index (χ4n) is 4.44. The van der Waals surface area contributed by atoms with Crippen molar-refractivity contribution in [2.24, 2.45) is 7.05 Å². The van der Waals surface area contributed by atoms with Crippen LogP contribution in [0.3, 0.4) is 0 Å². The highest BCUT2D eigenvalue weighted by atomic mass is 19.1. The standard InChI is InChI=1S/C24H30F2N6O2/c1-16-10-22(34-15-19-6-5-7-20(25)12-19)11-17(2)30(16)13-21(26)14-31-24(33)32(18(3)27-31)23-8-9-29(4)28-23/h5-9,12,17,21-22H,1,10-11,13-15H2,2-4H3/t17?,21-,22?/m1/s1. The topological polar surface area (TPSA) is 70.1 Å². The molecule has 0 bridgehead atoms. The number of alkyl halides is 1. The van der Waals surface area contributed by atoms with Crippen LogP contribution >= 0.6 is 0 Å². The second-order valence-corrected chi connectivity index (χ2v) is 8.86. The first-order valence-electron chi connectivity index (χ1n) is 11.3. The number of aromatic nitrogens is 5. The van der Waals surface area contributed by atoms with E-state index in [9.17, 15) is 9.18 Å². The van der Waals surface area contributed by atoms with Crippen molar-refractivity contribution in [1.29, 1.82) is 0 Å². The molecule has 1 aliphatic heterocycles. The third kappa shape index (κ3) is 5.27.